The van der Waals surface area contributed by atoms with Gasteiger partial charge in [-0.2, -0.15) is 0 Å². The van der Waals surface area contributed by atoms with Crippen molar-refractivity contribution in [1.29, 1.82) is 0 Å². The molecular weight excluding hydrogens is 236 g/mol. The Morgan fingerprint density at radius 3 is 2.74 bits per heavy atom. The van der Waals surface area contributed by atoms with Gasteiger partial charge in [0.05, 0.1) is 0 Å². The van der Waals surface area contributed by atoms with Crippen LogP contribution < -0.4 is 5.32 Å². The molecule has 0 spiro atoms. The predicted octanol–water partition coefficient (Wildman–Crippen LogP) is 2.46. The Morgan fingerprint density at radius 1 is 1.26 bits per heavy atom. The van der Waals surface area contributed by atoms with Gasteiger partial charge in [-0.3, -0.25) is 4.79 Å². The van der Waals surface area contributed by atoms with E-state index >= 15 is 0 Å². The van der Waals surface area contributed by atoms with Crippen LogP contribution in [0.3, 0.4) is 0 Å². The average Bonchev–Trinajstić information content (AvgIpc) is 2.36. The molecule has 2 rings (SSSR count). The summed E-state index contributed by atoms with van der Waals surface area (Å²) in [7, 11) is 0. The maximum Gasteiger partial charge on any atom is 0.254 e. The topological polar surface area (TPSA) is 32.3 Å². The first kappa shape index (κ1) is 14.1. The van der Waals surface area contributed by atoms with Crippen LogP contribution >= 0.6 is 0 Å². The molecule has 1 aromatic carbocycles. The highest BCUT2D eigenvalue weighted by Crippen LogP contribution is 2.18. The molecule has 0 radical (unpaired) electrons. The van der Waals surface area contributed by atoms with Crippen molar-refractivity contribution in [2.45, 2.75) is 39.2 Å². The first-order chi connectivity index (χ1) is 8.97. The van der Waals surface area contributed by atoms with Crippen LogP contribution in [0.1, 0.15) is 43.1 Å². The van der Waals surface area contributed by atoms with Crippen LogP contribution in [0.15, 0.2) is 24.3 Å². The van der Waals surface area contributed by atoms with E-state index in [1.54, 1.807) is 0 Å². The van der Waals surface area contributed by atoms with Gasteiger partial charge in [0.1, 0.15) is 0 Å². The molecule has 0 saturated carbocycles. The SMILES string of the molecule is CC(C)(C)NCCCN1CCc2ccccc2C1=O. The fourth-order valence-corrected chi connectivity index (χ4v) is 2.42. The highest BCUT2D eigenvalue weighted by atomic mass is 16.2. The Balaban J connectivity index is 1.85. The predicted molar refractivity (Wildman–Crippen MR) is 78.4 cm³/mol. The molecule has 1 aromatic rings. The second-order valence-electron chi connectivity index (χ2n) is 6.23. The van der Waals surface area contributed by atoms with Crippen LogP contribution in [-0.2, 0) is 6.42 Å². The van der Waals surface area contributed by atoms with Crippen molar-refractivity contribution >= 4 is 5.91 Å². The third kappa shape index (κ3) is 3.80. The lowest BCUT2D eigenvalue weighted by atomic mass is 9.99. The number of amides is 1. The number of nitrogens with one attached hydrogen (secondary N) is 1. The summed E-state index contributed by atoms with van der Waals surface area (Å²) in [5.41, 5.74) is 2.23. The van der Waals surface area contributed by atoms with E-state index in [1.807, 2.05) is 23.1 Å². The van der Waals surface area contributed by atoms with E-state index in [2.05, 4.69) is 32.2 Å². The van der Waals surface area contributed by atoms with Crippen molar-refractivity contribution in [2.24, 2.45) is 0 Å². The number of carbonyl (C=O) groups is 1. The highest BCUT2D eigenvalue weighted by Gasteiger charge is 2.23. The van der Waals surface area contributed by atoms with Gasteiger partial charge in [-0.25, -0.2) is 0 Å². The minimum Gasteiger partial charge on any atom is -0.338 e. The summed E-state index contributed by atoms with van der Waals surface area (Å²) >= 11 is 0. The molecule has 0 atom stereocenters. The molecule has 3 nitrogen and oxygen atoms in total. The molecule has 19 heavy (non-hydrogen) atoms. The van der Waals surface area contributed by atoms with E-state index in [-0.39, 0.29) is 11.4 Å². The van der Waals surface area contributed by atoms with Crippen LogP contribution in [0, 0.1) is 0 Å². The average molecular weight is 260 g/mol. The second-order valence-corrected chi connectivity index (χ2v) is 6.23. The van der Waals surface area contributed by atoms with Gasteiger partial charge < -0.3 is 10.2 Å². The molecule has 1 aliphatic rings. The van der Waals surface area contributed by atoms with Gasteiger partial charge in [0.25, 0.3) is 5.91 Å². The minimum absolute atomic E-state index is 0.151. The van der Waals surface area contributed by atoms with Crippen molar-refractivity contribution in [1.82, 2.24) is 10.2 Å². The van der Waals surface area contributed by atoms with Gasteiger partial charge in [-0.1, -0.05) is 18.2 Å². The molecule has 3 heteroatoms. The summed E-state index contributed by atoms with van der Waals surface area (Å²) in [5, 5.41) is 3.46. The zero-order valence-electron chi connectivity index (χ0n) is 12.2. The van der Waals surface area contributed by atoms with Crippen LogP contribution in [0.5, 0.6) is 0 Å². The summed E-state index contributed by atoms with van der Waals surface area (Å²) < 4.78 is 0. The van der Waals surface area contributed by atoms with E-state index in [0.29, 0.717) is 0 Å². The first-order valence-corrected chi connectivity index (χ1v) is 7.09. The molecule has 104 valence electrons. The van der Waals surface area contributed by atoms with Crippen molar-refractivity contribution in [3.63, 3.8) is 0 Å². The second kappa shape index (κ2) is 5.74. The third-order valence-corrected chi connectivity index (χ3v) is 3.45. The van der Waals surface area contributed by atoms with Crippen LogP contribution in [0.4, 0.5) is 0 Å². The zero-order valence-corrected chi connectivity index (χ0v) is 12.2. The number of hydrogen-bond acceptors (Lipinski definition) is 2. The van der Waals surface area contributed by atoms with Gasteiger partial charge in [0.2, 0.25) is 0 Å². The quantitative estimate of drug-likeness (QED) is 0.843. The lowest BCUT2D eigenvalue weighted by molar-refractivity contribution is 0.0737. The largest absolute Gasteiger partial charge is 0.338 e. The fraction of sp³-hybridized carbons (Fsp3) is 0.562. The summed E-state index contributed by atoms with van der Waals surface area (Å²) in [6.45, 7) is 9.14. The molecule has 0 aliphatic carbocycles. The maximum absolute atomic E-state index is 12.3. The van der Waals surface area contributed by atoms with Crippen LogP contribution in [0.25, 0.3) is 0 Å². The number of rotatable bonds is 4. The Bertz CT molecular complexity index is 448. The smallest absolute Gasteiger partial charge is 0.254 e. The molecule has 0 unspecified atom stereocenters. The van der Waals surface area contributed by atoms with Crippen LogP contribution in [0.2, 0.25) is 0 Å². The lowest BCUT2D eigenvalue weighted by Crippen LogP contribution is -2.41. The van der Waals surface area contributed by atoms with Gasteiger partial charge >= 0.3 is 0 Å². The zero-order chi connectivity index (χ0) is 13.9. The van der Waals surface area contributed by atoms with Crippen molar-refractivity contribution in [3.8, 4) is 0 Å². The van der Waals surface area contributed by atoms with E-state index in [4.69, 9.17) is 0 Å². The molecule has 1 N–H and O–H groups in total. The summed E-state index contributed by atoms with van der Waals surface area (Å²) in [5.74, 6) is 0.192. The summed E-state index contributed by atoms with van der Waals surface area (Å²) in [6, 6.07) is 7.96. The number of benzene rings is 1. The van der Waals surface area contributed by atoms with Gasteiger partial charge in [0.15, 0.2) is 0 Å². The van der Waals surface area contributed by atoms with Crippen molar-refractivity contribution < 1.29 is 4.79 Å². The molecule has 0 aromatic heterocycles. The number of carbonyl (C=O) groups excluding carboxylic acids is 1. The molecule has 1 heterocycles. The first-order valence-electron chi connectivity index (χ1n) is 7.09. The molecular formula is C16H24N2O. The Labute approximate surface area is 116 Å². The number of fused-ring (bicyclic) bond motifs is 1. The lowest BCUT2D eigenvalue weighted by Gasteiger charge is -2.29. The molecule has 0 fully saturated rings. The standard InChI is InChI=1S/C16H24N2O/c1-16(2,3)17-10-6-11-18-12-9-13-7-4-5-8-14(13)15(18)19/h4-5,7-8,17H,6,9-12H2,1-3H3. The van der Waals surface area contributed by atoms with Gasteiger partial charge in [0, 0.05) is 24.2 Å². The molecule has 1 aliphatic heterocycles. The maximum atomic E-state index is 12.3. The fourth-order valence-electron chi connectivity index (χ4n) is 2.42. The Morgan fingerprint density at radius 2 is 2.00 bits per heavy atom. The normalized spacial score (nSPS) is 15.5. The summed E-state index contributed by atoms with van der Waals surface area (Å²) in [4.78, 5) is 14.3. The Kier molecular flexibility index (Phi) is 4.25. The molecule has 1 amide bonds. The monoisotopic (exact) mass is 260 g/mol. The van der Waals surface area contributed by atoms with Crippen molar-refractivity contribution in [3.05, 3.63) is 35.4 Å². The van der Waals surface area contributed by atoms with Crippen LogP contribution in [-0.4, -0.2) is 36.0 Å². The third-order valence-electron chi connectivity index (χ3n) is 3.45. The number of hydrogen-bond donors (Lipinski definition) is 1. The number of nitrogens with zero attached hydrogens (tertiary/aromatic N) is 1. The minimum atomic E-state index is 0.151. The van der Waals surface area contributed by atoms with Gasteiger partial charge in [-0.05, 0) is 51.8 Å². The molecule has 0 bridgehead atoms. The highest BCUT2D eigenvalue weighted by molar-refractivity contribution is 5.96. The Hall–Kier alpha value is -1.35. The summed E-state index contributed by atoms with van der Waals surface area (Å²) in [6.07, 6.45) is 1.99. The van der Waals surface area contributed by atoms with E-state index in [1.165, 1.54) is 5.56 Å². The van der Waals surface area contributed by atoms with E-state index in [0.717, 1.165) is 38.0 Å². The van der Waals surface area contributed by atoms with E-state index < -0.39 is 0 Å². The van der Waals surface area contributed by atoms with Crippen molar-refractivity contribution in [2.75, 3.05) is 19.6 Å². The van der Waals surface area contributed by atoms with E-state index in [9.17, 15) is 4.79 Å². The van der Waals surface area contributed by atoms with Gasteiger partial charge in [-0.15, -0.1) is 0 Å². The molecule has 0 saturated heterocycles.